The van der Waals surface area contributed by atoms with E-state index in [1.165, 1.54) is 18.2 Å². The van der Waals surface area contributed by atoms with E-state index in [1.807, 2.05) is 25.1 Å². The van der Waals surface area contributed by atoms with Gasteiger partial charge in [0, 0.05) is 16.4 Å². The summed E-state index contributed by atoms with van der Waals surface area (Å²) in [6.45, 7) is 1.64. The van der Waals surface area contributed by atoms with Gasteiger partial charge in [0.1, 0.15) is 5.75 Å². The highest BCUT2D eigenvalue weighted by atomic mass is 35.5. The van der Waals surface area contributed by atoms with Crippen molar-refractivity contribution in [3.63, 3.8) is 0 Å². The number of carbonyl (C=O) groups excluding carboxylic acids is 1. The van der Waals surface area contributed by atoms with Gasteiger partial charge in [-0.15, -0.1) is 0 Å². The molecule has 3 rings (SSSR count). The maximum Gasteiger partial charge on any atom is 0.262 e. The smallest absolute Gasteiger partial charge is 0.262 e. The topological polar surface area (TPSA) is 84.5 Å². The first-order chi connectivity index (χ1) is 14.2. The van der Waals surface area contributed by atoms with E-state index in [4.69, 9.17) is 27.9 Å². The predicted octanol–water partition coefficient (Wildman–Crippen LogP) is 5.12. The fourth-order valence-corrected chi connectivity index (χ4v) is 4.07. The quantitative estimate of drug-likeness (QED) is 0.507. The molecule has 0 aliphatic carbocycles. The number of amides is 1. The van der Waals surface area contributed by atoms with Gasteiger partial charge >= 0.3 is 0 Å². The molecule has 3 aromatic rings. The van der Waals surface area contributed by atoms with E-state index >= 15 is 0 Å². The van der Waals surface area contributed by atoms with Crippen molar-refractivity contribution >= 4 is 50.5 Å². The van der Waals surface area contributed by atoms with Crippen LogP contribution < -0.4 is 14.8 Å². The van der Waals surface area contributed by atoms with Crippen LogP contribution in [0.5, 0.6) is 5.75 Å². The molecule has 0 radical (unpaired) electrons. The van der Waals surface area contributed by atoms with Gasteiger partial charge in [0.05, 0.1) is 9.92 Å². The molecular formula is C21H18Cl2N2O4S. The van der Waals surface area contributed by atoms with Crippen LogP contribution in [0.2, 0.25) is 10.0 Å². The molecule has 0 bridgehead atoms. The lowest BCUT2D eigenvalue weighted by molar-refractivity contribution is -0.118. The third-order valence-electron chi connectivity index (χ3n) is 3.97. The zero-order valence-corrected chi connectivity index (χ0v) is 18.2. The number of ether oxygens (including phenoxy) is 1. The Morgan fingerprint density at radius 1 is 0.967 bits per heavy atom. The van der Waals surface area contributed by atoms with Crippen LogP contribution in [0, 0.1) is 6.92 Å². The Balaban J connectivity index is 1.64. The molecule has 0 unspecified atom stereocenters. The predicted molar refractivity (Wildman–Crippen MR) is 119 cm³/mol. The fraction of sp³-hybridized carbons (Fsp3) is 0.0952. The van der Waals surface area contributed by atoms with Crippen LogP contribution in [0.1, 0.15) is 5.56 Å². The SMILES string of the molecule is Cc1cccc(NC(=O)COc2ccc(S(=O)(=O)Nc3ccc(Cl)cc3)cc2Cl)c1. The number of benzene rings is 3. The third kappa shape index (κ3) is 5.89. The van der Waals surface area contributed by atoms with Crippen LogP contribution in [-0.4, -0.2) is 20.9 Å². The number of hydrogen-bond acceptors (Lipinski definition) is 4. The second kappa shape index (κ2) is 9.38. The summed E-state index contributed by atoms with van der Waals surface area (Å²) in [7, 11) is -3.85. The minimum Gasteiger partial charge on any atom is -0.482 e. The average Bonchev–Trinajstić information content (AvgIpc) is 2.68. The van der Waals surface area contributed by atoms with Gasteiger partial charge in [-0.1, -0.05) is 35.3 Å². The Morgan fingerprint density at radius 3 is 2.37 bits per heavy atom. The Hall–Kier alpha value is -2.74. The standard InChI is InChI=1S/C21H18Cl2N2O4S/c1-14-3-2-4-17(11-14)24-21(26)13-29-20-10-9-18(12-19(20)23)30(27,28)25-16-7-5-15(22)6-8-16/h2-12,25H,13H2,1H3,(H,24,26). The molecule has 0 spiro atoms. The van der Waals surface area contributed by atoms with Gasteiger partial charge in [0.25, 0.3) is 15.9 Å². The number of sulfonamides is 1. The zero-order chi connectivity index (χ0) is 21.7. The van der Waals surface area contributed by atoms with Crippen molar-refractivity contribution in [2.45, 2.75) is 11.8 Å². The van der Waals surface area contributed by atoms with E-state index in [0.717, 1.165) is 5.56 Å². The second-order valence-electron chi connectivity index (χ2n) is 6.41. The number of anilines is 2. The summed E-state index contributed by atoms with van der Waals surface area (Å²) in [6, 6.07) is 17.6. The lowest BCUT2D eigenvalue weighted by atomic mass is 10.2. The molecule has 6 nitrogen and oxygen atoms in total. The second-order valence-corrected chi connectivity index (χ2v) is 8.94. The Morgan fingerprint density at radius 2 is 1.70 bits per heavy atom. The van der Waals surface area contributed by atoms with Gasteiger partial charge < -0.3 is 10.1 Å². The maximum absolute atomic E-state index is 12.5. The van der Waals surface area contributed by atoms with Crippen molar-refractivity contribution in [2.75, 3.05) is 16.6 Å². The monoisotopic (exact) mass is 464 g/mol. The van der Waals surface area contributed by atoms with Gasteiger partial charge in [0.15, 0.2) is 6.61 Å². The minimum atomic E-state index is -3.85. The van der Waals surface area contributed by atoms with E-state index < -0.39 is 10.0 Å². The highest BCUT2D eigenvalue weighted by Gasteiger charge is 2.17. The van der Waals surface area contributed by atoms with Crippen molar-refractivity contribution in [3.05, 3.63) is 82.3 Å². The van der Waals surface area contributed by atoms with Crippen molar-refractivity contribution in [1.82, 2.24) is 0 Å². The van der Waals surface area contributed by atoms with Crippen LogP contribution in [0.25, 0.3) is 0 Å². The molecule has 0 heterocycles. The van der Waals surface area contributed by atoms with Crippen LogP contribution in [0.3, 0.4) is 0 Å². The van der Waals surface area contributed by atoms with E-state index in [1.54, 1.807) is 30.3 Å². The molecule has 2 N–H and O–H groups in total. The van der Waals surface area contributed by atoms with E-state index in [2.05, 4.69) is 10.0 Å². The molecule has 0 fully saturated rings. The number of nitrogens with one attached hydrogen (secondary N) is 2. The molecule has 3 aromatic carbocycles. The molecule has 30 heavy (non-hydrogen) atoms. The first-order valence-corrected chi connectivity index (χ1v) is 11.0. The lowest BCUT2D eigenvalue weighted by Gasteiger charge is -2.12. The van der Waals surface area contributed by atoms with Gasteiger partial charge in [-0.25, -0.2) is 8.42 Å². The van der Waals surface area contributed by atoms with Crippen LogP contribution in [0.15, 0.2) is 71.6 Å². The molecule has 0 saturated carbocycles. The highest BCUT2D eigenvalue weighted by molar-refractivity contribution is 7.92. The van der Waals surface area contributed by atoms with E-state index in [0.29, 0.717) is 16.4 Å². The minimum absolute atomic E-state index is 0.0426. The Kier molecular flexibility index (Phi) is 6.87. The summed E-state index contributed by atoms with van der Waals surface area (Å²) in [6.07, 6.45) is 0. The third-order valence-corrected chi connectivity index (χ3v) is 5.90. The van der Waals surface area contributed by atoms with Crippen LogP contribution in [-0.2, 0) is 14.8 Å². The molecule has 0 aromatic heterocycles. The highest BCUT2D eigenvalue weighted by Crippen LogP contribution is 2.28. The van der Waals surface area contributed by atoms with Gasteiger partial charge in [-0.05, 0) is 67.1 Å². The molecule has 0 atom stereocenters. The first kappa shape index (κ1) is 22.0. The Bertz CT molecular complexity index is 1170. The number of hydrogen-bond donors (Lipinski definition) is 2. The zero-order valence-electron chi connectivity index (χ0n) is 15.9. The van der Waals surface area contributed by atoms with Crippen molar-refractivity contribution < 1.29 is 17.9 Å². The summed E-state index contributed by atoms with van der Waals surface area (Å²) in [5, 5.41) is 3.28. The van der Waals surface area contributed by atoms with E-state index in [9.17, 15) is 13.2 Å². The number of aryl methyl sites for hydroxylation is 1. The molecular weight excluding hydrogens is 447 g/mol. The summed E-state index contributed by atoms with van der Waals surface area (Å²) >= 11 is 12.0. The lowest BCUT2D eigenvalue weighted by Crippen LogP contribution is -2.20. The molecule has 9 heteroatoms. The molecule has 0 aliphatic rings. The summed E-state index contributed by atoms with van der Waals surface area (Å²) in [4.78, 5) is 12.0. The molecule has 0 aliphatic heterocycles. The van der Waals surface area contributed by atoms with Crippen molar-refractivity contribution in [2.24, 2.45) is 0 Å². The Labute approximate surface area is 184 Å². The van der Waals surface area contributed by atoms with Crippen LogP contribution >= 0.6 is 23.2 Å². The van der Waals surface area contributed by atoms with Crippen molar-refractivity contribution in [3.8, 4) is 5.75 Å². The summed E-state index contributed by atoms with van der Waals surface area (Å²) in [5.41, 5.74) is 2.04. The van der Waals surface area contributed by atoms with Crippen molar-refractivity contribution in [1.29, 1.82) is 0 Å². The number of carbonyl (C=O) groups is 1. The number of halogens is 2. The number of rotatable bonds is 7. The van der Waals surface area contributed by atoms with E-state index in [-0.39, 0.29) is 28.2 Å². The van der Waals surface area contributed by atoms with Gasteiger partial charge in [-0.3, -0.25) is 9.52 Å². The van der Waals surface area contributed by atoms with Gasteiger partial charge in [0.2, 0.25) is 0 Å². The fourth-order valence-electron chi connectivity index (χ4n) is 2.56. The normalized spacial score (nSPS) is 11.0. The van der Waals surface area contributed by atoms with Gasteiger partial charge in [-0.2, -0.15) is 0 Å². The molecule has 0 saturated heterocycles. The first-order valence-electron chi connectivity index (χ1n) is 8.80. The van der Waals surface area contributed by atoms with Crippen LogP contribution in [0.4, 0.5) is 11.4 Å². The average molecular weight is 465 g/mol. The summed E-state index contributed by atoms with van der Waals surface area (Å²) < 4.78 is 32.9. The maximum atomic E-state index is 12.5. The largest absolute Gasteiger partial charge is 0.482 e. The molecule has 156 valence electrons. The summed E-state index contributed by atoms with van der Waals surface area (Å²) in [5.74, 6) is -0.167. The molecule has 1 amide bonds.